The SMILES string of the molecule is CC1CN(C(C)(C)C)CCC1C1COC1. The molecule has 0 aromatic heterocycles. The highest BCUT2D eigenvalue weighted by Gasteiger charge is 2.37. The van der Waals surface area contributed by atoms with Crippen molar-refractivity contribution < 1.29 is 4.74 Å². The highest BCUT2D eigenvalue weighted by Crippen LogP contribution is 2.35. The Balaban J connectivity index is 1.90. The Labute approximate surface area is 94.0 Å². The summed E-state index contributed by atoms with van der Waals surface area (Å²) >= 11 is 0. The Kier molecular flexibility index (Phi) is 3.09. The van der Waals surface area contributed by atoms with E-state index in [2.05, 4.69) is 32.6 Å². The second kappa shape index (κ2) is 4.06. The third-order valence-electron chi connectivity index (χ3n) is 4.19. The Morgan fingerprint density at radius 1 is 1.20 bits per heavy atom. The van der Waals surface area contributed by atoms with Gasteiger partial charge in [0.05, 0.1) is 13.2 Å². The van der Waals surface area contributed by atoms with Gasteiger partial charge in [-0.2, -0.15) is 0 Å². The molecule has 0 amide bonds. The quantitative estimate of drug-likeness (QED) is 0.660. The lowest BCUT2D eigenvalue weighted by Crippen LogP contribution is -2.52. The summed E-state index contributed by atoms with van der Waals surface area (Å²) in [6, 6.07) is 0. The number of piperidine rings is 1. The molecule has 0 aromatic rings. The van der Waals surface area contributed by atoms with Crippen molar-refractivity contribution in [1.82, 2.24) is 4.90 Å². The number of likely N-dealkylation sites (tertiary alicyclic amines) is 1. The molecule has 15 heavy (non-hydrogen) atoms. The average Bonchev–Trinajstić information content (AvgIpc) is 2.03. The molecule has 2 fully saturated rings. The highest BCUT2D eigenvalue weighted by atomic mass is 16.5. The predicted molar refractivity (Wildman–Crippen MR) is 62.9 cm³/mol. The summed E-state index contributed by atoms with van der Waals surface area (Å²) in [5.74, 6) is 2.62. The first-order valence-electron chi connectivity index (χ1n) is 6.31. The first kappa shape index (κ1) is 11.4. The maximum Gasteiger partial charge on any atom is 0.0519 e. The number of nitrogens with zero attached hydrogens (tertiary/aromatic N) is 1. The third-order valence-corrected chi connectivity index (χ3v) is 4.19. The molecule has 0 saturated carbocycles. The Hall–Kier alpha value is -0.0800. The molecular formula is C13H25NO. The van der Waals surface area contributed by atoms with E-state index >= 15 is 0 Å². The molecule has 2 aliphatic rings. The van der Waals surface area contributed by atoms with Crippen LogP contribution in [-0.4, -0.2) is 36.7 Å². The monoisotopic (exact) mass is 211 g/mol. The van der Waals surface area contributed by atoms with E-state index in [1.807, 2.05) is 0 Å². The molecule has 0 aromatic carbocycles. The van der Waals surface area contributed by atoms with E-state index in [0.717, 1.165) is 31.0 Å². The fraction of sp³-hybridized carbons (Fsp3) is 1.00. The molecular weight excluding hydrogens is 186 g/mol. The molecule has 2 nitrogen and oxygen atoms in total. The van der Waals surface area contributed by atoms with Crippen molar-refractivity contribution in [3.05, 3.63) is 0 Å². The Morgan fingerprint density at radius 3 is 2.27 bits per heavy atom. The lowest BCUT2D eigenvalue weighted by molar-refractivity contribution is -0.0918. The van der Waals surface area contributed by atoms with Crippen LogP contribution < -0.4 is 0 Å². The summed E-state index contributed by atoms with van der Waals surface area (Å²) < 4.78 is 5.32. The summed E-state index contributed by atoms with van der Waals surface area (Å²) in [5, 5.41) is 0. The average molecular weight is 211 g/mol. The first-order valence-corrected chi connectivity index (χ1v) is 6.31. The smallest absolute Gasteiger partial charge is 0.0519 e. The van der Waals surface area contributed by atoms with Gasteiger partial charge in [-0.25, -0.2) is 0 Å². The van der Waals surface area contributed by atoms with Gasteiger partial charge < -0.3 is 4.74 Å². The van der Waals surface area contributed by atoms with Crippen LogP contribution in [0.15, 0.2) is 0 Å². The van der Waals surface area contributed by atoms with Gasteiger partial charge in [-0.15, -0.1) is 0 Å². The molecule has 88 valence electrons. The second-order valence-corrected chi connectivity index (χ2v) is 6.34. The minimum absolute atomic E-state index is 0.343. The largest absolute Gasteiger partial charge is 0.381 e. The molecule has 0 radical (unpaired) electrons. The van der Waals surface area contributed by atoms with Crippen molar-refractivity contribution in [2.75, 3.05) is 26.3 Å². The van der Waals surface area contributed by atoms with Crippen LogP contribution in [0, 0.1) is 17.8 Å². The topological polar surface area (TPSA) is 12.5 Å². The van der Waals surface area contributed by atoms with Crippen LogP contribution in [0.5, 0.6) is 0 Å². The van der Waals surface area contributed by atoms with E-state index in [0.29, 0.717) is 5.54 Å². The zero-order valence-electron chi connectivity index (χ0n) is 10.6. The van der Waals surface area contributed by atoms with Crippen LogP contribution in [0.1, 0.15) is 34.1 Å². The van der Waals surface area contributed by atoms with Crippen LogP contribution in [0.25, 0.3) is 0 Å². The molecule has 2 atom stereocenters. The van der Waals surface area contributed by atoms with Gasteiger partial charge in [0.1, 0.15) is 0 Å². The Bertz CT molecular complexity index is 217. The van der Waals surface area contributed by atoms with E-state index in [1.165, 1.54) is 19.5 Å². The van der Waals surface area contributed by atoms with Gasteiger partial charge >= 0.3 is 0 Å². The van der Waals surface area contributed by atoms with Crippen molar-refractivity contribution in [3.63, 3.8) is 0 Å². The predicted octanol–water partition coefficient (Wildman–Crippen LogP) is 2.39. The van der Waals surface area contributed by atoms with E-state index in [1.54, 1.807) is 0 Å². The molecule has 0 spiro atoms. The standard InChI is InChI=1S/C13H25NO/c1-10-7-14(13(2,3)4)6-5-12(10)11-8-15-9-11/h10-12H,5-9H2,1-4H3. The van der Waals surface area contributed by atoms with Crippen molar-refractivity contribution in [2.45, 2.75) is 39.7 Å². The molecule has 0 bridgehead atoms. The van der Waals surface area contributed by atoms with Crippen LogP contribution >= 0.6 is 0 Å². The van der Waals surface area contributed by atoms with E-state index in [-0.39, 0.29) is 0 Å². The maximum absolute atomic E-state index is 5.32. The molecule has 2 heterocycles. The van der Waals surface area contributed by atoms with E-state index in [9.17, 15) is 0 Å². The molecule has 0 aliphatic carbocycles. The molecule has 2 heteroatoms. The third kappa shape index (κ3) is 2.36. The van der Waals surface area contributed by atoms with Gasteiger partial charge in [-0.05, 0) is 45.6 Å². The summed E-state index contributed by atoms with van der Waals surface area (Å²) in [7, 11) is 0. The second-order valence-electron chi connectivity index (χ2n) is 6.34. The van der Waals surface area contributed by atoms with E-state index in [4.69, 9.17) is 4.74 Å². The van der Waals surface area contributed by atoms with Gasteiger partial charge in [0, 0.05) is 18.0 Å². The van der Waals surface area contributed by atoms with Gasteiger partial charge in [0.15, 0.2) is 0 Å². The van der Waals surface area contributed by atoms with Crippen molar-refractivity contribution >= 4 is 0 Å². The molecule has 2 rings (SSSR count). The molecule has 2 saturated heterocycles. The highest BCUT2D eigenvalue weighted by molar-refractivity contribution is 4.89. The van der Waals surface area contributed by atoms with Crippen molar-refractivity contribution in [3.8, 4) is 0 Å². The maximum atomic E-state index is 5.32. The fourth-order valence-corrected chi connectivity index (χ4v) is 2.97. The number of hydrogen-bond acceptors (Lipinski definition) is 2. The van der Waals surface area contributed by atoms with Crippen LogP contribution in [0.2, 0.25) is 0 Å². The summed E-state index contributed by atoms with van der Waals surface area (Å²) in [6.07, 6.45) is 1.37. The first-order chi connectivity index (χ1) is 6.98. The van der Waals surface area contributed by atoms with E-state index < -0.39 is 0 Å². The fourth-order valence-electron chi connectivity index (χ4n) is 2.97. The van der Waals surface area contributed by atoms with Gasteiger partial charge in [0.2, 0.25) is 0 Å². The van der Waals surface area contributed by atoms with Crippen LogP contribution in [0.4, 0.5) is 0 Å². The summed E-state index contributed by atoms with van der Waals surface area (Å²) in [6.45, 7) is 14.0. The number of rotatable bonds is 1. The number of ether oxygens (including phenoxy) is 1. The molecule has 2 aliphatic heterocycles. The Morgan fingerprint density at radius 2 is 1.87 bits per heavy atom. The molecule has 0 N–H and O–H groups in total. The van der Waals surface area contributed by atoms with Crippen LogP contribution in [-0.2, 0) is 4.74 Å². The van der Waals surface area contributed by atoms with Crippen LogP contribution in [0.3, 0.4) is 0 Å². The minimum atomic E-state index is 0.343. The lowest BCUT2D eigenvalue weighted by atomic mass is 9.76. The van der Waals surface area contributed by atoms with Gasteiger partial charge in [-0.3, -0.25) is 4.90 Å². The van der Waals surface area contributed by atoms with Crippen molar-refractivity contribution in [1.29, 1.82) is 0 Å². The van der Waals surface area contributed by atoms with Crippen molar-refractivity contribution in [2.24, 2.45) is 17.8 Å². The van der Waals surface area contributed by atoms with Gasteiger partial charge in [-0.1, -0.05) is 6.92 Å². The lowest BCUT2D eigenvalue weighted by Gasteiger charge is -2.47. The summed E-state index contributed by atoms with van der Waals surface area (Å²) in [5.41, 5.74) is 0.343. The zero-order chi connectivity index (χ0) is 11.1. The minimum Gasteiger partial charge on any atom is -0.381 e. The normalized spacial score (nSPS) is 35.2. The summed E-state index contributed by atoms with van der Waals surface area (Å²) in [4.78, 5) is 2.63. The number of hydrogen-bond donors (Lipinski definition) is 0. The van der Waals surface area contributed by atoms with Gasteiger partial charge in [0.25, 0.3) is 0 Å². The zero-order valence-corrected chi connectivity index (χ0v) is 10.6. The molecule has 2 unspecified atom stereocenters.